The van der Waals surface area contributed by atoms with Gasteiger partial charge in [0.25, 0.3) is 11.7 Å². The van der Waals surface area contributed by atoms with Gasteiger partial charge in [0, 0.05) is 29.9 Å². The maximum atomic E-state index is 13.7. The van der Waals surface area contributed by atoms with Gasteiger partial charge in [0.1, 0.15) is 11.9 Å². The number of fused-ring (bicyclic) bond motifs is 1. The van der Waals surface area contributed by atoms with Crippen LogP contribution < -0.4 is 19.9 Å². The third-order valence-corrected chi connectivity index (χ3v) is 9.53. The van der Waals surface area contributed by atoms with Crippen molar-refractivity contribution in [3.63, 3.8) is 0 Å². The van der Waals surface area contributed by atoms with Gasteiger partial charge in [0.05, 0.1) is 46.8 Å². The van der Waals surface area contributed by atoms with Gasteiger partial charge in [-0.2, -0.15) is 0 Å². The molecule has 5 rings (SSSR count). The summed E-state index contributed by atoms with van der Waals surface area (Å²) in [5, 5.41) is 7.33. The highest BCUT2D eigenvalue weighted by Gasteiger charge is 2.28. The topological polar surface area (TPSA) is 105 Å². The number of sulfone groups is 1. The van der Waals surface area contributed by atoms with E-state index in [1.165, 1.54) is 37.5 Å². The Hall–Kier alpha value is -3.76. The lowest BCUT2D eigenvalue weighted by molar-refractivity contribution is -0.657. The van der Waals surface area contributed by atoms with Crippen LogP contribution in [0.25, 0.3) is 10.1 Å². The van der Waals surface area contributed by atoms with Crippen LogP contribution in [0, 0.1) is 0 Å². The Balaban J connectivity index is 1.41. The van der Waals surface area contributed by atoms with Crippen molar-refractivity contribution in [2.75, 3.05) is 24.0 Å². The fraction of sp³-hybridized carbons (Fsp3) is 0.364. The molecule has 0 radical (unpaired) electrons. The maximum Gasteiger partial charge on any atom is 0.274 e. The summed E-state index contributed by atoms with van der Waals surface area (Å²) in [6.45, 7) is 6.14. The highest BCUT2D eigenvalue weighted by atomic mass is 32.2. The number of aromatic nitrogens is 1. The second kappa shape index (κ2) is 11.7. The van der Waals surface area contributed by atoms with Crippen LogP contribution in [-0.2, 0) is 34.5 Å². The molecule has 226 valence electrons. The molecule has 0 bridgehead atoms. The molecule has 4 aromatic rings. The van der Waals surface area contributed by atoms with Crippen molar-refractivity contribution in [2.24, 2.45) is 7.05 Å². The lowest BCUT2D eigenvalue weighted by atomic mass is 9.84. The number of carbonyl (C=O) groups is 2. The zero-order valence-electron chi connectivity index (χ0n) is 25.4. The Kier molecular flexibility index (Phi) is 8.37. The quantitative estimate of drug-likeness (QED) is 0.171. The number of nitrogens with zero attached hydrogens (tertiary/aromatic N) is 1. The van der Waals surface area contributed by atoms with E-state index in [0.29, 0.717) is 39.0 Å². The summed E-state index contributed by atoms with van der Waals surface area (Å²) in [4.78, 5) is 27.4. The van der Waals surface area contributed by atoms with Crippen molar-refractivity contribution in [1.82, 2.24) is 0 Å². The first-order chi connectivity index (χ1) is 20.2. The van der Waals surface area contributed by atoms with E-state index in [1.54, 1.807) is 12.3 Å². The van der Waals surface area contributed by atoms with Crippen LogP contribution in [0.5, 0.6) is 5.75 Å². The van der Waals surface area contributed by atoms with Crippen molar-refractivity contribution >= 4 is 54.5 Å². The molecule has 1 amide bonds. The lowest BCUT2D eigenvalue weighted by Crippen LogP contribution is -2.34. The number of hydrogen-bond acceptors (Lipinski definition) is 7. The first-order valence-corrected chi connectivity index (χ1v) is 17.1. The van der Waals surface area contributed by atoms with E-state index in [2.05, 4.69) is 10.6 Å². The molecular weight excluding hydrogens is 583 g/mol. The number of hydrogen-bond donors (Lipinski definition) is 2. The van der Waals surface area contributed by atoms with Gasteiger partial charge in [0.15, 0.2) is 15.6 Å². The number of carbonyl (C=O) groups excluding carboxylic acids is 2. The summed E-state index contributed by atoms with van der Waals surface area (Å²) in [6, 6.07) is 15.5. The summed E-state index contributed by atoms with van der Waals surface area (Å²) in [5.41, 5.74) is 3.04. The number of pyridine rings is 1. The van der Waals surface area contributed by atoms with E-state index in [-0.39, 0.29) is 29.3 Å². The third-order valence-electron chi connectivity index (χ3n) is 7.47. The normalized spacial score (nSPS) is 13.6. The molecule has 0 atom stereocenters. The molecule has 0 spiro atoms. The van der Waals surface area contributed by atoms with Gasteiger partial charge in [-0.15, -0.1) is 11.3 Å². The molecule has 0 unspecified atom stereocenters. The molecule has 2 N–H and O–H groups in total. The van der Waals surface area contributed by atoms with E-state index >= 15 is 0 Å². The first-order valence-electron chi connectivity index (χ1n) is 14.2. The van der Waals surface area contributed by atoms with Crippen LogP contribution in [0.3, 0.4) is 0 Å². The largest absolute Gasteiger partial charge is 0.496 e. The summed E-state index contributed by atoms with van der Waals surface area (Å²) < 4.78 is 32.8. The van der Waals surface area contributed by atoms with Crippen molar-refractivity contribution < 1.29 is 27.3 Å². The Bertz CT molecular complexity index is 1830. The predicted molar refractivity (Wildman–Crippen MR) is 172 cm³/mol. The minimum atomic E-state index is -3.33. The highest BCUT2D eigenvalue weighted by Crippen LogP contribution is 2.36. The Morgan fingerprint density at radius 1 is 1.07 bits per heavy atom. The monoisotopic (exact) mass is 620 g/mol. The summed E-state index contributed by atoms with van der Waals surface area (Å²) >= 11 is 1.33. The Morgan fingerprint density at radius 2 is 1.79 bits per heavy atom. The van der Waals surface area contributed by atoms with Crippen LogP contribution in [-0.4, -0.2) is 39.5 Å². The minimum Gasteiger partial charge on any atom is -0.496 e. The molecule has 1 saturated carbocycles. The number of Topliss-reactive ketones (excluding diaryl/α,β-unsaturated/α-hetero) is 1. The molecule has 0 saturated heterocycles. The van der Waals surface area contributed by atoms with E-state index in [9.17, 15) is 18.0 Å². The average Bonchev–Trinajstić information content (AvgIpc) is 3.62. The molecule has 2 aromatic heterocycles. The molecule has 1 fully saturated rings. The zero-order chi connectivity index (χ0) is 31.1. The van der Waals surface area contributed by atoms with Gasteiger partial charge in [0.2, 0.25) is 0 Å². The van der Waals surface area contributed by atoms with Crippen LogP contribution >= 0.6 is 11.3 Å². The van der Waals surface area contributed by atoms with E-state index in [1.807, 2.05) is 74.9 Å². The SMILES string of the molecule is COc1c(CC(=O)c2cc3cccc(NC(=O)c4ccc(NC5CC5)[n+](C)c4)c3s2)cc(C(C)(C)C)cc1CS(C)(=O)=O. The highest BCUT2D eigenvalue weighted by molar-refractivity contribution is 7.89. The average molecular weight is 621 g/mol. The number of thiophene rings is 1. The second-order valence-corrected chi connectivity index (χ2v) is 15.6. The maximum absolute atomic E-state index is 13.7. The van der Waals surface area contributed by atoms with E-state index < -0.39 is 9.84 Å². The van der Waals surface area contributed by atoms with Crippen LogP contribution in [0.2, 0.25) is 0 Å². The van der Waals surface area contributed by atoms with E-state index in [4.69, 9.17) is 4.74 Å². The first kappa shape index (κ1) is 30.7. The third kappa shape index (κ3) is 7.25. The Labute approximate surface area is 257 Å². The van der Waals surface area contributed by atoms with Crippen LogP contribution in [0.1, 0.15) is 70.3 Å². The lowest BCUT2D eigenvalue weighted by Gasteiger charge is -2.23. The number of benzene rings is 2. The van der Waals surface area contributed by atoms with Gasteiger partial charge in [-0.1, -0.05) is 45.0 Å². The molecule has 2 heterocycles. The fourth-order valence-corrected chi connectivity index (χ4v) is 6.90. The van der Waals surface area contributed by atoms with Crippen LogP contribution in [0.4, 0.5) is 11.5 Å². The van der Waals surface area contributed by atoms with Crippen molar-refractivity contribution in [3.05, 3.63) is 81.9 Å². The van der Waals surface area contributed by atoms with Gasteiger partial charge in [-0.3, -0.25) is 14.9 Å². The number of anilines is 2. The second-order valence-electron chi connectivity index (χ2n) is 12.4. The molecule has 0 aliphatic heterocycles. The smallest absolute Gasteiger partial charge is 0.274 e. The van der Waals surface area contributed by atoms with Gasteiger partial charge < -0.3 is 10.1 Å². The Morgan fingerprint density at radius 3 is 2.42 bits per heavy atom. The predicted octanol–water partition coefficient (Wildman–Crippen LogP) is 5.83. The summed E-state index contributed by atoms with van der Waals surface area (Å²) in [7, 11) is 0.0793. The molecule has 43 heavy (non-hydrogen) atoms. The number of rotatable bonds is 10. The number of methoxy groups -OCH3 is 1. The fourth-order valence-electron chi connectivity index (χ4n) is 5.05. The minimum absolute atomic E-state index is 0.0517. The molecule has 10 heteroatoms. The number of ether oxygens (including phenoxy) is 1. The molecule has 2 aromatic carbocycles. The van der Waals surface area contributed by atoms with Crippen LogP contribution in [0.15, 0.2) is 54.7 Å². The van der Waals surface area contributed by atoms with Crippen molar-refractivity contribution in [3.8, 4) is 5.75 Å². The van der Waals surface area contributed by atoms with Gasteiger partial charge in [-0.05, 0) is 47.4 Å². The zero-order valence-corrected chi connectivity index (χ0v) is 27.0. The standard InChI is InChI=1S/C33H37N3O5S2/c1-33(2,3)24-14-22(30(41-5)23(15-24)19-43(6,39)40)16-27(37)28-17-20-8-7-9-26(31(20)42-28)35-32(38)21-10-13-29(36(4)18-21)34-25-11-12-25/h7-10,13-15,17-18,25H,11-12,16,19H2,1-6H3,(H,35,38)/p+1. The molecular formula is C33H38N3O5S2+. The van der Waals surface area contributed by atoms with Crippen molar-refractivity contribution in [1.29, 1.82) is 0 Å². The molecule has 8 nitrogen and oxygen atoms in total. The number of aryl methyl sites for hydroxylation is 1. The summed E-state index contributed by atoms with van der Waals surface area (Å²) in [6.07, 6.45) is 5.38. The van der Waals surface area contributed by atoms with E-state index in [0.717, 1.165) is 21.5 Å². The summed E-state index contributed by atoms with van der Waals surface area (Å²) in [5.74, 6) is 0.872. The number of ketones is 1. The molecule has 1 aliphatic rings. The number of nitrogens with one attached hydrogen (secondary N) is 2. The molecule has 1 aliphatic carbocycles. The van der Waals surface area contributed by atoms with Gasteiger partial charge in [-0.25, -0.2) is 13.0 Å². The number of amides is 1. The van der Waals surface area contributed by atoms with Crippen molar-refractivity contribution in [2.45, 2.75) is 57.2 Å². The van der Waals surface area contributed by atoms with Gasteiger partial charge >= 0.3 is 0 Å².